The fourth-order valence-electron chi connectivity index (χ4n) is 2.42. The topological polar surface area (TPSA) is 54.7 Å². The summed E-state index contributed by atoms with van der Waals surface area (Å²) in [7, 11) is 0. The largest absolute Gasteiger partial charge is 0.384 e. The highest BCUT2D eigenvalue weighted by Gasteiger charge is 2.19. The molecule has 1 rings (SSSR count). The number of nitrogens with two attached hydrogens (primary N) is 1. The van der Waals surface area contributed by atoms with Gasteiger partial charge in [0.25, 0.3) is 0 Å². The third kappa shape index (κ3) is 2.46. The van der Waals surface area contributed by atoms with Crippen molar-refractivity contribution >= 4 is 5.82 Å². The van der Waals surface area contributed by atoms with Crippen LogP contribution in [0.1, 0.15) is 56.5 Å². The molecule has 2 atom stereocenters. The lowest BCUT2D eigenvalue weighted by Gasteiger charge is -2.21. The van der Waals surface area contributed by atoms with E-state index in [0.29, 0.717) is 23.3 Å². The molecule has 3 nitrogen and oxygen atoms in total. The molecule has 0 aromatic carbocycles. The number of anilines is 1. The molecule has 0 bridgehead atoms. The Morgan fingerprint density at radius 2 is 1.94 bits per heavy atom. The van der Waals surface area contributed by atoms with Crippen molar-refractivity contribution in [2.45, 2.75) is 53.5 Å². The highest BCUT2D eigenvalue weighted by molar-refractivity contribution is 5.58. The number of nitrogens with zero attached hydrogens (tertiary/aromatic N) is 2. The Kier molecular flexibility index (Phi) is 4.22. The maximum atomic E-state index is 9.10. The maximum absolute atomic E-state index is 9.10. The summed E-state index contributed by atoms with van der Waals surface area (Å²) >= 11 is 0. The van der Waals surface area contributed by atoms with Crippen LogP contribution in [0.15, 0.2) is 0 Å². The van der Waals surface area contributed by atoms with Crippen molar-refractivity contribution in [3.05, 3.63) is 16.8 Å². The summed E-state index contributed by atoms with van der Waals surface area (Å²) in [5, 5.41) is 9.10. The van der Waals surface area contributed by atoms with E-state index >= 15 is 0 Å². The van der Waals surface area contributed by atoms with E-state index in [1.54, 1.807) is 0 Å². The summed E-state index contributed by atoms with van der Waals surface area (Å²) in [6, 6.07) is 2.55. The first-order valence-electron chi connectivity index (χ1n) is 6.30. The molecule has 0 saturated carbocycles. The molecule has 0 aliphatic carbocycles. The fraction of sp³-hybridized carbons (Fsp3) is 0.643. The van der Waals surface area contributed by atoms with Gasteiger partial charge in [0, 0.05) is 11.7 Å². The van der Waals surface area contributed by atoms with Gasteiger partial charge in [-0.1, -0.05) is 20.3 Å². The maximum Gasteiger partial charge on any atom is 0.122 e. The third-order valence-corrected chi connectivity index (χ3v) is 3.79. The van der Waals surface area contributed by atoms with Crippen LogP contribution in [-0.4, -0.2) is 4.57 Å². The average molecular weight is 233 g/mol. The second-order valence-corrected chi connectivity index (χ2v) is 5.05. The molecule has 17 heavy (non-hydrogen) atoms. The third-order valence-electron chi connectivity index (χ3n) is 3.79. The summed E-state index contributed by atoms with van der Waals surface area (Å²) in [4.78, 5) is 0. The quantitative estimate of drug-likeness (QED) is 0.864. The Balaban J connectivity index is 3.11. The second-order valence-electron chi connectivity index (χ2n) is 5.05. The van der Waals surface area contributed by atoms with Crippen molar-refractivity contribution in [3.8, 4) is 6.07 Å². The molecular weight excluding hydrogens is 210 g/mol. The van der Waals surface area contributed by atoms with Gasteiger partial charge in [-0.15, -0.1) is 0 Å². The molecule has 2 N–H and O–H groups in total. The lowest BCUT2D eigenvalue weighted by Crippen LogP contribution is -2.13. The zero-order valence-electron chi connectivity index (χ0n) is 11.5. The van der Waals surface area contributed by atoms with Crippen LogP contribution in [0.2, 0.25) is 0 Å². The first-order valence-corrected chi connectivity index (χ1v) is 6.30. The van der Waals surface area contributed by atoms with Gasteiger partial charge in [-0.05, 0) is 38.7 Å². The van der Waals surface area contributed by atoms with Gasteiger partial charge in [-0.25, -0.2) is 0 Å². The normalized spacial score (nSPS) is 14.4. The number of hydrogen-bond acceptors (Lipinski definition) is 2. The molecular formula is C14H23N3. The number of hydrogen-bond donors (Lipinski definition) is 1. The average Bonchev–Trinajstić information content (AvgIpc) is 2.50. The number of nitriles is 1. The van der Waals surface area contributed by atoms with Crippen molar-refractivity contribution in [1.29, 1.82) is 5.26 Å². The lowest BCUT2D eigenvalue weighted by molar-refractivity contribution is 0.398. The monoisotopic (exact) mass is 233 g/mol. The summed E-state index contributed by atoms with van der Waals surface area (Å²) in [5.41, 5.74) is 8.85. The Labute approximate surface area is 104 Å². The molecule has 0 fully saturated rings. The van der Waals surface area contributed by atoms with Gasteiger partial charge in [-0.3, -0.25) is 0 Å². The van der Waals surface area contributed by atoms with Gasteiger partial charge in [-0.2, -0.15) is 5.26 Å². The number of aromatic nitrogens is 1. The highest BCUT2D eigenvalue weighted by atomic mass is 15.1. The van der Waals surface area contributed by atoms with Crippen LogP contribution in [-0.2, 0) is 0 Å². The molecule has 0 aliphatic heterocycles. The summed E-state index contributed by atoms with van der Waals surface area (Å²) in [5.74, 6) is 1.30. The summed E-state index contributed by atoms with van der Waals surface area (Å²) in [6.07, 6.45) is 2.27. The second kappa shape index (κ2) is 5.27. The molecule has 2 unspecified atom stereocenters. The van der Waals surface area contributed by atoms with Crippen molar-refractivity contribution < 1.29 is 0 Å². The first-order chi connectivity index (χ1) is 7.93. The Hall–Kier alpha value is -1.43. The summed E-state index contributed by atoms with van der Waals surface area (Å²) < 4.78 is 2.11. The van der Waals surface area contributed by atoms with Crippen LogP contribution < -0.4 is 5.73 Å². The molecule has 0 radical (unpaired) electrons. The number of nitrogen functional groups attached to an aromatic ring is 1. The minimum Gasteiger partial charge on any atom is -0.384 e. The minimum absolute atomic E-state index is 0.353. The van der Waals surface area contributed by atoms with Crippen molar-refractivity contribution in [2.24, 2.45) is 5.92 Å². The van der Waals surface area contributed by atoms with E-state index in [1.807, 2.05) is 13.8 Å². The van der Waals surface area contributed by atoms with Gasteiger partial charge in [0.15, 0.2) is 0 Å². The zero-order chi connectivity index (χ0) is 13.2. The summed E-state index contributed by atoms with van der Waals surface area (Å²) in [6.45, 7) is 10.6. The van der Waals surface area contributed by atoms with E-state index in [2.05, 4.69) is 31.4 Å². The van der Waals surface area contributed by atoms with E-state index in [-0.39, 0.29) is 0 Å². The molecule has 0 spiro atoms. The Bertz CT molecular complexity index is 437. The molecule has 3 heteroatoms. The van der Waals surface area contributed by atoms with Gasteiger partial charge < -0.3 is 10.3 Å². The Morgan fingerprint density at radius 3 is 2.35 bits per heavy atom. The smallest absolute Gasteiger partial charge is 0.122 e. The number of rotatable bonds is 4. The standard InChI is InChI=1S/C14H23N3/c1-6-9(2)7-10(3)17-12(5)11(4)13(8-15)14(17)16/h9-10H,6-7,16H2,1-5H3. The molecule has 0 saturated heterocycles. The van der Waals surface area contributed by atoms with Crippen LogP contribution in [0.5, 0.6) is 0 Å². The van der Waals surface area contributed by atoms with Gasteiger partial charge in [0.1, 0.15) is 11.9 Å². The molecule has 0 aliphatic rings. The molecule has 1 aromatic heterocycles. The zero-order valence-corrected chi connectivity index (χ0v) is 11.5. The molecule has 1 heterocycles. The first kappa shape index (κ1) is 13.6. The predicted molar refractivity (Wildman–Crippen MR) is 71.8 cm³/mol. The van der Waals surface area contributed by atoms with Crippen LogP contribution >= 0.6 is 0 Å². The van der Waals surface area contributed by atoms with E-state index in [9.17, 15) is 0 Å². The fourth-order valence-corrected chi connectivity index (χ4v) is 2.42. The van der Waals surface area contributed by atoms with Crippen molar-refractivity contribution in [1.82, 2.24) is 4.57 Å². The van der Waals surface area contributed by atoms with Crippen molar-refractivity contribution in [2.75, 3.05) is 5.73 Å². The van der Waals surface area contributed by atoms with Gasteiger partial charge in [0.05, 0.1) is 5.56 Å². The van der Waals surface area contributed by atoms with Crippen LogP contribution in [0.25, 0.3) is 0 Å². The SMILES string of the molecule is CCC(C)CC(C)n1c(C)c(C)c(C#N)c1N. The van der Waals surface area contributed by atoms with Crippen LogP contribution in [0.3, 0.4) is 0 Å². The highest BCUT2D eigenvalue weighted by Crippen LogP contribution is 2.30. The van der Waals surface area contributed by atoms with E-state index < -0.39 is 0 Å². The van der Waals surface area contributed by atoms with E-state index in [4.69, 9.17) is 11.0 Å². The molecule has 0 amide bonds. The predicted octanol–water partition coefficient (Wildman–Crippen LogP) is 3.56. The minimum atomic E-state index is 0.353. The molecule has 94 valence electrons. The van der Waals surface area contributed by atoms with Gasteiger partial charge in [0.2, 0.25) is 0 Å². The Morgan fingerprint density at radius 1 is 1.35 bits per heavy atom. The van der Waals surface area contributed by atoms with E-state index in [1.165, 1.54) is 6.42 Å². The van der Waals surface area contributed by atoms with Gasteiger partial charge >= 0.3 is 0 Å². The molecule has 1 aromatic rings. The van der Waals surface area contributed by atoms with Crippen LogP contribution in [0, 0.1) is 31.1 Å². The van der Waals surface area contributed by atoms with Crippen molar-refractivity contribution in [3.63, 3.8) is 0 Å². The lowest BCUT2D eigenvalue weighted by atomic mass is 10.00. The van der Waals surface area contributed by atoms with E-state index in [0.717, 1.165) is 17.7 Å². The van der Waals surface area contributed by atoms with Crippen LogP contribution in [0.4, 0.5) is 5.82 Å².